The molecule has 2 unspecified atom stereocenters. The van der Waals surface area contributed by atoms with Crippen LogP contribution in [0.3, 0.4) is 0 Å². The van der Waals surface area contributed by atoms with Crippen molar-refractivity contribution in [1.82, 2.24) is 5.32 Å². The summed E-state index contributed by atoms with van der Waals surface area (Å²) in [4.78, 5) is 0. The van der Waals surface area contributed by atoms with Crippen LogP contribution in [0.15, 0.2) is 24.3 Å². The molecule has 1 heterocycles. The Hall–Kier alpha value is -0.820. The minimum absolute atomic E-state index is 0.598. The minimum atomic E-state index is 0.598. The lowest BCUT2D eigenvalue weighted by atomic mass is 9.90. The van der Waals surface area contributed by atoms with E-state index in [-0.39, 0.29) is 0 Å². The molecule has 1 fully saturated rings. The summed E-state index contributed by atoms with van der Waals surface area (Å²) in [5.74, 6) is 0.830. The van der Waals surface area contributed by atoms with E-state index in [1.54, 1.807) is 0 Å². The molecule has 1 aromatic carbocycles. The molecule has 2 rings (SSSR count). The van der Waals surface area contributed by atoms with Crippen LogP contribution in [0, 0.1) is 12.8 Å². The summed E-state index contributed by atoms with van der Waals surface area (Å²) in [6.07, 6.45) is 2.61. The van der Waals surface area contributed by atoms with Gasteiger partial charge in [-0.3, -0.25) is 0 Å². The Morgan fingerprint density at radius 2 is 2.14 bits per heavy atom. The van der Waals surface area contributed by atoms with E-state index in [0.717, 1.165) is 5.92 Å². The molecule has 0 aliphatic carbocycles. The predicted molar refractivity (Wildman–Crippen MR) is 60.3 cm³/mol. The Morgan fingerprint density at radius 3 is 2.86 bits per heavy atom. The van der Waals surface area contributed by atoms with Gasteiger partial charge in [-0.2, -0.15) is 0 Å². The summed E-state index contributed by atoms with van der Waals surface area (Å²) in [6.45, 7) is 5.68. The third kappa shape index (κ3) is 1.69. The van der Waals surface area contributed by atoms with Gasteiger partial charge in [0.15, 0.2) is 0 Å². The van der Waals surface area contributed by atoms with Gasteiger partial charge in [0.2, 0.25) is 0 Å². The fourth-order valence-electron chi connectivity index (χ4n) is 2.50. The molecule has 0 spiro atoms. The summed E-state index contributed by atoms with van der Waals surface area (Å²) in [5.41, 5.74) is 2.92. The second-order valence-corrected chi connectivity index (χ2v) is 4.25. The molecule has 0 radical (unpaired) electrons. The van der Waals surface area contributed by atoms with Crippen molar-refractivity contribution in [3.63, 3.8) is 0 Å². The lowest BCUT2D eigenvalue weighted by Crippen LogP contribution is -2.18. The van der Waals surface area contributed by atoms with E-state index >= 15 is 0 Å². The first-order valence-corrected chi connectivity index (χ1v) is 5.62. The zero-order chi connectivity index (χ0) is 9.97. The summed E-state index contributed by atoms with van der Waals surface area (Å²) >= 11 is 0. The molecule has 0 amide bonds. The number of nitrogens with one attached hydrogen (secondary N) is 1. The summed E-state index contributed by atoms with van der Waals surface area (Å²) in [6, 6.07) is 9.34. The SMILES string of the molecule is CCC1CCNC1c1ccccc1C. The maximum atomic E-state index is 3.61. The maximum absolute atomic E-state index is 3.61. The highest BCUT2D eigenvalue weighted by Crippen LogP contribution is 2.33. The van der Waals surface area contributed by atoms with E-state index in [1.165, 1.54) is 30.5 Å². The lowest BCUT2D eigenvalue weighted by molar-refractivity contribution is 0.448. The second kappa shape index (κ2) is 4.14. The average molecular weight is 189 g/mol. The Morgan fingerprint density at radius 1 is 1.36 bits per heavy atom. The largest absolute Gasteiger partial charge is 0.310 e. The molecule has 1 aliphatic rings. The van der Waals surface area contributed by atoms with E-state index in [2.05, 4.69) is 43.4 Å². The molecule has 2 atom stereocenters. The molecule has 76 valence electrons. The van der Waals surface area contributed by atoms with Crippen molar-refractivity contribution in [2.45, 2.75) is 32.7 Å². The Balaban J connectivity index is 2.26. The lowest BCUT2D eigenvalue weighted by Gasteiger charge is -2.20. The zero-order valence-corrected chi connectivity index (χ0v) is 9.09. The van der Waals surface area contributed by atoms with E-state index in [1.807, 2.05) is 0 Å². The van der Waals surface area contributed by atoms with E-state index in [0.29, 0.717) is 6.04 Å². The molecule has 0 bridgehead atoms. The molecule has 1 nitrogen and oxygen atoms in total. The number of hydrogen-bond donors (Lipinski definition) is 1. The highest BCUT2D eigenvalue weighted by atomic mass is 14.9. The van der Waals surface area contributed by atoms with Gasteiger partial charge in [-0.25, -0.2) is 0 Å². The van der Waals surface area contributed by atoms with Gasteiger partial charge in [0.1, 0.15) is 0 Å². The van der Waals surface area contributed by atoms with Crippen molar-refractivity contribution in [3.8, 4) is 0 Å². The Labute approximate surface area is 86.5 Å². The first kappa shape index (κ1) is 9.72. The number of hydrogen-bond acceptors (Lipinski definition) is 1. The van der Waals surface area contributed by atoms with Gasteiger partial charge in [-0.15, -0.1) is 0 Å². The summed E-state index contributed by atoms with van der Waals surface area (Å²) in [7, 11) is 0. The van der Waals surface area contributed by atoms with Crippen LogP contribution in [0.5, 0.6) is 0 Å². The Bertz CT molecular complexity index is 306. The molecule has 0 aromatic heterocycles. The topological polar surface area (TPSA) is 12.0 Å². The standard InChI is InChI=1S/C13H19N/c1-3-11-8-9-14-13(11)12-7-5-4-6-10(12)2/h4-7,11,13-14H,3,8-9H2,1-2H3. The highest BCUT2D eigenvalue weighted by molar-refractivity contribution is 5.29. The van der Waals surface area contributed by atoms with Crippen molar-refractivity contribution < 1.29 is 0 Å². The first-order chi connectivity index (χ1) is 6.83. The molecule has 1 saturated heterocycles. The number of rotatable bonds is 2. The van der Waals surface area contributed by atoms with Crippen LogP contribution in [-0.4, -0.2) is 6.54 Å². The van der Waals surface area contributed by atoms with E-state index in [9.17, 15) is 0 Å². The third-order valence-electron chi connectivity index (χ3n) is 3.40. The summed E-state index contributed by atoms with van der Waals surface area (Å²) < 4.78 is 0. The van der Waals surface area contributed by atoms with E-state index < -0.39 is 0 Å². The van der Waals surface area contributed by atoms with Crippen LogP contribution < -0.4 is 5.32 Å². The highest BCUT2D eigenvalue weighted by Gasteiger charge is 2.27. The van der Waals surface area contributed by atoms with Gasteiger partial charge in [0, 0.05) is 6.04 Å². The van der Waals surface area contributed by atoms with Crippen LogP contribution in [0.4, 0.5) is 0 Å². The number of benzene rings is 1. The van der Waals surface area contributed by atoms with Gasteiger partial charge in [0.25, 0.3) is 0 Å². The molecule has 0 saturated carbocycles. The molecular formula is C13H19N. The van der Waals surface area contributed by atoms with Crippen LogP contribution in [0.2, 0.25) is 0 Å². The molecule has 1 aromatic rings. The maximum Gasteiger partial charge on any atom is 0.0351 e. The van der Waals surface area contributed by atoms with Crippen molar-refractivity contribution in [1.29, 1.82) is 0 Å². The fraction of sp³-hybridized carbons (Fsp3) is 0.538. The second-order valence-electron chi connectivity index (χ2n) is 4.25. The monoisotopic (exact) mass is 189 g/mol. The minimum Gasteiger partial charge on any atom is -0.310 e. The molecular weight excluding hydrogens is 170 g/mol. The van der Waals surface area contributed by atoms with Gasteiger partial charge in [-0.05, 0) is 36.9 Å². The van der Waals surface area contributed by atoms with Crippen LogP contribution in [-0.2, 0) is 0 Å². The van der Waals surface area contributed by atoms with Crippen LogP contribution >= 0.6 is 0 Å². The third-order valence-corrected chi connectivity index (χ3v) is 3.40. The normalized spacial score (nSPS) is 26.7. The quantitative estimate of drug-likeness (QED) is 0.754. The smallest absolute Gasteiger partial charge is 0.0351 e. The van der Waals surface area contributed by atoms with Gasteiger partial charge in [-0.1, -0.05) is 37.6 Å². The predicted octanol–water partition coefficient (Wildman–Crippen LogP) is 3.06. The van der Waals surface area contributed by atoms with Crippen molar-refractivity contribution in [2.24, 2.45) is 5.92 Å². The van der Waals surface area contributed by atoms with Crippen LogP contribution in [0.25, 0.3) is 0 Å². The molecule has 1 N–H and O–H groups in total. The van der Waals surface area contributed by atoms with Gasteiger partial charge < -0.3 is 5.32 Å². The average Bonchev–Trinajstić information content (AvgIpc) is 2.66. The first-order valence-electron chi connectivity index (χ1n) is 5.62. The Kier molecular flexibility index (Phi) is 2.87. The summed E-state index contributed by atoms with van der Waals surface area (Å²) in [5, 5.41) is 3.61. The van der Waals surface area contributed by atoms with Gasteiger partial charge >= 0.3 is 0 Å². The van der Waals surface area contributed by atoms with Crippen LogP contribution in [0.1, 0.15) is 36.9 Å². The molecule has 1 aliphatic heterocycles. The van der Waals surface area contributed by atoms with Gasteiger partial charge in [0.05, 0.1) is 0 Å². The van der Waals surface area contributed by atoms with Crippen molar-refractivity contribution >= 4 is 0 Å². The zero-order valence-electron chi connectivity index (χ0n) is 9.09. The fourth-order valence-corrected chi connectivity index (χ4v) is 2.50. The van der Waals surface area contributed by atoms with Crippen molar-refractivity contribution in [2.75, 3.05) is 6.54 Å². The van der Waals surface area contributed by atoms with E-state index in [4.69, 9.17) is 0 Å². The number of aryl methyl sites for hydroxylation is 1. The van der Waals surface area contributed by atoms with Crippen molar-refractivity contribution in [3.05, 3.63) is 35.4 Å². The molecule has 14 heavy (non-hydrogen) atoms. The molecule has 1 heteroatoms.